The number of rotatable bonds is 9. The summed E-state index contributed by atoms with van der Waals surface area (Å²) in [5.41, 5.74) is 0.170. The zero-order valence-electron chi connectivity index (χ0n) is 19.3. The Morgan fingerprint density at radius 3 is 2.62 bits per heavy atom. The number of nitrogens with one attached hydrogen (secondary N) is 1. The summed E-state index contributed by atoms with van der Waals surface area (Å²) in [6, 6.07) is 8.75. The van der Waals surface area contributed by atoms with Crippen molar-refractivity contribution in [2.45, 2.75) is 59.7 Å². The number of nitriles is 1. The number of carbonyl (C=O) groups excluding carboxylic acids is 1. The minimum atomic E-state index is -0.320. The van der Waals surface area contributed by atoms with Gasteiger partial charge in [-0.05, 0) is 31.5 Å². The summed E-state index contributed by atoms with van der Waals surface area (Å²) in [5.74, 6) is 0.412. The summed E-state index contributed by atoms with van der Waals surface area (Å²) in [6.07, 6.45) is 2.51. The lowest BCUT2D eigenvalue weighted by atomic mass is 9.49. The van der Waals surface area contributed by atoms with Crippen molar-refractivity contribution in [2.75, 3.05) is 13.2 Å². The highest BCUT2D eigenvalue weighted by atomic mass is 35.5. The fourth-order valence-electron chi connectivity index (χ4n) is 4.88. The smallest absolute Gasteiger partial charge is 0.272 e. The van der Waals surface area contributed by atoms with Crippen LogP contribution in [0.4, 0.5) is 0 Å². The minimum Gasteiger partial charge on any atom is -0.489 e. The van der Waals surface area contributed by atoms with Crippen molar-refractivity contribution in [3.63, 3.8) is 0 Å². The van der Waals surface area contributed by atoms with Crippen LogP contribution in [-0.2, 0) is 11.3 Å². The van der Waals surface area contributed by atoms with E-state index in [0.717, 1.165) is 6.42 Å². The van der Waals surface area contributed by atoms with Gasteiger partial charge in [-0.15, -0.1) is 0 Å². The first kappa shape index (κ1) is 24.1. The number of amides is 1. The zero-order chi connectivity index (χ0) is 23.5. The van der Waals surface area contributed by atoms with Gasteiger partial charge in [0.05, 0.1) is 10.6 Å². The Morgan fingerprint density at radius 2 is 2.00 bits per heavy atom. The lowest BCUT2D eigenvalue weighted by Crippen LogP contribution is -2.74. The van der Waals surface area contributed by atoms with Gasteiger partial charge in [0, 0.05) is 48.9 Å². The second-order valence-electron chi connectivity index (χ2n) is 9.32. The molecule has 1 aliphatic rings. The fourth-order valence-corrected chi connectivity index (χ4v) is 5.09. The molecule has 0 unspecified atom stereocenters. The van der Waals surface area contributed by atoms with Crippen LogP contribution in [0.2, 0.25) is 5.02 Å². The number of benzene rings is 1. The third-order valence-electron chi connectivity index (χ3n) is 6.18. The summed E-state index contributed by atoms with van der Waals surface area (Å²) in [5, 5.41) is 17.0. The number of hydrogen-bond donors (Lipinski definition) is 1. The first-order chi connectivity index (χ1) is 15.1. The number of hydrogen-bond acceptors (Lipinski definition) is 5. The molecule has 32 heavy (non-hydrogen) atoms. The van der Waals surface area contributed by atoms with Gasteiger partial charge in [0.2, 0.25) is 0 Å². The third-order valence-corrected chi connectivity index (χ3v) is 6.50. The summed E-state index contributed by atoms with van der Waals surface area (Å²) in [7, 11) is 0. The lowest BCUT2D eigenvalue weighted by Gasteiger charge is -2.63. The van der Waals surface area contributed by atoms with E-state index in [4.69, 9.17) is 26.3 Å². The summed E-state index contributed by atoms with van der Waals surface area (Å²) >= 11 is 6.16. The number of nitrogens with zero attached hydrogens (tertiary/aromatic N) is 3. The summed E-state index contributed by atoms with van der Waals surface area (Å²) < 4.78 is 13.4. The lowest BCUT2D eigenvalue weighted by molar-refractivity contribution is -0.164. The van der Waals surface area contributed by atoms with Gasteiger partial charge in [0.1, 0.15) is 23.6 Å². The van der Waals surface area contributed by atoms with Crippen LogP contribution in [-0.4, -0.2) is 41.0 Å². The van der Waals surface area contributed by atoms with Gasteiger partial charge in [-0.3, -0.25) is 9.48 Å². The van der Waals surface area contributed by atoms with Crippen LogP contribution in [0.1, 0.15) is 57.1 Å². The Hall–Kier alpha value is -2.56. The molecule has 7 nitrogen and oxygen atoms in total. The number of carbonyl (C=O) groups is 1. The van der Waals surface area contributed by atoms with E-state index in [9.17, 15) is 4.79 Å². The van der Waals surface area contributed by atoms with Gasteiger partial charge in [-0.2, -0.15) is 10.4 Å². The molecule has 1 aromatic heterocycles. The molecule has 1 aromatic carbocycles. The Morgan fingerprint density at radius 1 is 1.28 bits per heavy atom. The van der Waals surface area contributed by atoms with E-state index in [1.807, 2.05) is 13.1 Å². The molecular weight excluding hydrogens is 428 g/mol. The summed E-state index contributed by atoms with van der Waals surface area (Å²) in [4.78, 5) is 12.9. The second-order valence-corrected chi connectivity index (χ2v) is 9.72. The molecule has 0 radical (unpaired) electrons. The third kappa shape index (κ3) is 4.77. The standard InChI is InChI=1S/C24H31ClN4O3/c1-6-31-13-7-11-29-12-10-19(28-29)20(30)27-21-23(2,3)22(24(21,4)5)32-17-9-8-16(15-26)18(25)14-17/h8-10,12,14,21-22H,6-7,11,13H2,1-5H3,(H,27,30)/t21-,22-. The van der Waals surface area contributed by atoms with Gasteiger partial charge in [-0.25, -0.2) is 0 Å². The van der Waals surface area contributed by atoms with Gasteiger partial charge in [-0.1, -0.05) is 39.3 Å². The first-order valence-electron chi connectivity index (χ1n) is 10.9. The molecule has 0 atom stereocenters. The van der Waals surface area contributed by atoms with Crippen LogP contribution in [0.25, 0.3) is 0 Å². The molecule has 8 heteroatoms. The maximum absolute atomic E-state index is 12.9. The Kier molecular flexibility index (Phi) is 7.16. The van der Waals surface area contributed by atoms with Gasteiger partial charge >= 0.3 is 0 Å². The van der Waals surface area contributed by atoms with Crippen LogP contribution in [0, 0.1) is 22.2 Å². The number of halogens is 1. The molecule has 1 aliphatic carbocycles. The van der Waals surface area contributed by atoms with E-state index in [-0.39, 0.29) is 28.9 Å². The number of aryl methyl sites for hydroxylation is 1. The molecule has 3 rings (SSSR count). The van der Waals surface area contributed by atoms with Crippen molar-refractivity contribution in [3.05, 3.63) is 46.7 Å². The molecule has 1 saturated carbocycles. The van der Waals surface area contributed by atoms with E-state index < -0.39 is 0 Å². The molecule has 1 heterocycles. The van der Waals surface area contributed by atoms with Crippen molar-refractivity contribution < 1.29 is 14.3 Å². The maximum atomic E-state index is 12.9. The van der Waals surface area contributed by atoms with Gasteiger partial charge in [0.15, 0.2) is 0 Å². The molecule has 1 N–H and O–H groups in total. The molecule has 2 aromatic rings. The Balaban J connectivity index is 1.64. The molecule has 172 valence electrons. The van der Waals surface area contributed by atoms with Crippen LogP contribution in [0.3, 0.4) is 0 Å². The fraction of sp³-hybridized carbons (Fsp3) is 0.542. The van der Waals surface area contributed by atoms with E-state index in [2.05, 4.69) is 44.2 Å². The second kappa shape index (κ2) is 9.51. The van der Waals surface area contributed by atoms with Crippen molar-refractivity contribution in [2.24, 2.45) is 10.8 Å². The molecule has 1 fully saturated rings. The molecule has 0 saturated heterocycles. The molecular formula is C24H31ClN4O3. The van der Waals surface area contributed by atoms with Crippen molar-refractivity contribution in [3.8, 4) is 11.8 Å². The highest BCUT2D eigenvalue weighted by Crippen LogP contribution is 2.55. The summed E-state index contributed by atoms with van der Waals surface area (Å²) in [6.45, 7) is 12.3. The molecule has 0 spiro atoms. The average Bonchev–Trinajstić information content (AvgIpc) is 3.22. The van der Waals surface area contributed by atoms with Crippen LogP contribution in [0.5, 0.6) is 5.75 Å². The predicted octanol–water partition coefficient (Wildman–Crippen LogP) is 4.45. The van der Waals surface area contributed by atoms with Crippen LogP contribution in [0.15, 0.2) is 30.5 Å². The number of aromatic nitrogens is 2. The van der Waals surface area contributed by atoms with E-state index in [0.29, 0.717) is 41.8 Å². The molecule has 0 bridgehead atoms. The monoisotopic (exact) mass is 458 g/mol. The topological polar surface area (TPSA) is 89.2 Å². The van der Waals surface area contributed by atoms with Crippen molar-refractivity contribution in [1.82, 2.24) is 15.1 Å². The van der Waals surface area contributed by atoms with Crippen molar-refractivity contribution >= 4 is 17.5 Å². The average molecular weight is 459 g/mol. The highest BCUT2D eigenvalue weighted by Gasteiger charge is 2.64. The van der Waals surface area contributed by atoms with Crippen LogP contribution < -0.4 is 10.1 Å². The first-order valence-corrected chi connectivity index (χ1v) is 11.3. The van der Waals surface area contributed by atoms with Gasteiger partial charge in [0.25, 0.3) is 5.91 Å². The predicted molar refractivity (Wildman–Crippen MR) is 123 cm³/mol. The quantitative estimate of drug-likeness (QED) is 0.561. The van der Waals surface area contributed by atoms with E-state index in [1.54, 1.807) is 28.9 Å². The van der Waals surface area contributed by atoms with E-state index >= 15 is 0 Å². The SMILES string of the molecule is CCOCCCn1ccc(C(=O)N[C@H]2C(C)(C)[C@H](Oc3ccc(C#N)c(Cl)c3)C2(C)C)n1. The molecule has 0 aliphatic heterocycles. The molecule has 1 amide bonds. The van der Waals surface area contributed by atoms with Gasteiger partial charge < -0.3 is 14.8 Å². The minimum absolute atomic E-state index is 0.107. The van der Waals surface area contributed by atoms with Crippen LogP contribution >= 0.6 is 11.6 Å². The highest BCUT2D eigenvalue weighted by molar-refractivity contribution is 6.31. The van der Waals surface area contributed by atoms with E-state index in [1.165, 1.54) is 0 Å². The van der Waals surface area contributed by atoms with Crippen molar-refractivity contribution in [1.29, 1.82) is 5.26 Å². The zero-order valence-corrected chi connectivity index (χ0v) is 20.1. The largest absolute Gasteiger partial charge is 0.489 e. The normalized spacial score (nSPS) is 20.8. The Bertz CT molecular complexity index is 993. The Labute approximate surface area is 194 Å². The maximum Gasteiger partial charge on any atom is 0.272 e. The number of ether oxygens (including phenoxy) is 2.